The lowest BCUT2D eigenvalue weighted by Gasteiger charge is -2.02. The second-order valence-electron chi connectivity index (χ2n) is 4.36. The fourth-order valence-corrected chi connectivity index (χ4v) is 1.70. The normalized spacial score (nSPS) is 10.2. The lowest BCUT2D eigenvalue weighted by Crippen LogP contribution is -2.04. The summed E-state index contributed by atoms with van der Waals surface area (Å²) < 4.78 is 4.82. The lowest BCUT2D eigenvalue weighted by atomic mass is 10.1. The molecular weight excluding hydrogens is 216 g/mol. The minimum atomic E-state index is -0.150. The van der Waals surface area contributed by atoms with Gasteiger partial charge >= 0.3 is 5.97 Å². The number of unbranched alkanes of at least 4 members (excludes halogenated alkanes) is 4. The van der Waals surface area contributed by atoms with Crippen LogP contribution in [-0.4, -0.2) is 18.4 Å². The van der Waals surface area contributed by atoms with Crippen LogP contribution in [0.15, 0.2) is 0 Å². The zero-order valence-corrected chi connectivity index (χ0v) is 11.3. The number of carbonyl (C=O) groups is 2. The minimum absolute atomic E-state index is 0.150. The molecule has 17 heavy (non-hydrogen) atoms. The van der Waals surface area contributed by atoms with Crippen LogP contribution in [0.3, 0.4) is 0 Å². The summed E-state index contributed by atoms with van der Waals surface area (Å²) in [4.78, 5) is 22.5. The quantitative estimate of drug-likeness (QED) is 0.410. The first-order valence-electron chi connectivity index (χ1n) is 6.88. The first-order valence-corrected chi connectivity index (χ1v) is 6.88. The summed E-state index contributed by atoms with van der Waals surface area (Å²) in [5, 5.41) is 0. The highest BCUT2D eigenvalue weighted by molar-refractivity contribution is 5.78. The molecule has 3 heteroatoms. The number of hydrogen-bond acceptors (Lipinski definition) is 3. The molecule has 0 amide bonds. The molecule has 0 aliphatic heterocycles. The molecular formula is C14H26O3. The second-order valence-corrected chi connectivity index (χ2v) is 4.36. The first-order chi connectivity index (χ1) is 8.20. The molecule has 0 saturated carbocycles. The van der Waals surface area contributed by atoms with Crippen molar-refractivity contribution in [3.63, 3.8) is 0 Å². The van der Waals surface area contributed by atoms with Crippen molar-refractivity contribution in [3.05, 3.63) is 0 Å². The largest absolute Gasteiger partial charge is 0.466 e. The SMILES string of the molecule is CCCCCCC(=O)CCCCC(=O)OCC. The Morgan fingerprint density at radius 3 is 2.00 bits per heavy atom. The zero-order valence-electron chi connectivity index (χ0n) is 11.3. The minimum Gasteiger partial charge on any atom is -0.466 e. The summed E-state index contributed by atoms with van der Waals surface area (Å²) in [5.74, 6) is 0.188. The molecule has 0 atom stereocenters. The number of rotatable bonds is 11. The number of ether oxygens (including phenoxy) is 1. The topological polar surface area (TPSA) is 43.4 Å². The van der Waals surface area contributed by atoms with Gasteiger partial charge in [-0.05, 0) is 26.2 Å². The maximum Gasteiger partial charge on any atom is 0.305 e. The fourth-order valence-electron chi connectivity index (χ4n) is 1.70. The Morgan fingerprint density at radius 2 is 1.41 bits per heavy atom. The van der Waals surface area contributed by atoms with Crippen LogP contribution in [0.5, 0.6) is 0 Å². The molecule has 0 spiro atoms. The van der Waals surface area contributed by atoms with Crippen LogP contribution in [-0.2, 0) is 14.3 Å². The molecule has 0 saturated heterocycles. The summed E-state index contributed by atoms with van der Waals surface area (Å²) in [6.07, 6.45) is 7.94. The average molecular weight is 242 g/mol. The van der Waals surface area contributed by atoms with E-state index in [9.17, 15) is 9.59 Å². The van der Waals surface area contributed by atoms with Gasteiger partial charge in [0.2, 0.25) is 0 Å². The Kier molecular flexibility index (Phi) is 11.0. The summed E-state index contributed by atoms with van der Waals surface area (Å²) in [7, 11) is 0. The van der Waals surface area contributed by atoms with Crippen LogP contribution in [0.2, 0.25) is 0 Å². The van der Waals surface area contributed by atoms with E-state index in [0.29, 0.717) is 31.7 Å². The van der Waals surface area contributed by atoms with Gasteiger partial charge in [0.1, 0.15) is 5.78 Å². The highest BCUT2D eigenvalue weighted by atomic mass is 16.5. The molecule has 0 rings (SSSR count). The van der Waals surface area contributed by atoms with Crippen LogP contribution in [0.25, 0.3) is 0 Å². The third kappa shape index (κ3) is 11.4. The fraction of sp³-hybridized carbons (Fsp3) is 0.857. The van der Waals surface area contributed by atoms with E-state index in [-0.39, 0.29) is 5.97 Å². The van der Waals surface area contributed by atoms with Crippen molar-refractivity contribution in [2.45, 2.75) is 71.6 Å². The van der Waals surface area contributed by atoms with Gasteiger partial charge in [-0.3, -0.25) is 9.59 Å². The standard InChI is InChI=1S/C14H26O3/c1-3-5-6-7-10-13(15)11-8-9-12-14(16)17-4-2/h3-12H2,1-2H3. The van der Waals surface area contributed by atoms with Crippen molar-refractivity contribution in [3.8, 4) is 0 Å². The van der Waals surface area contributed by atoms with Gasteiger partial charge in [0, 0.05) is 19.3 Å². The zero-order chi connectivity index (χ0) is 12.9. The second kappa shape index (κ2) is 11.6. The molecule has 0 aromatic heterocycles. The van der Waals surface area contributed by atoms with E-state index in [1.54, 1.807) is 6.92 Å². The van der Waals surface area contributed by atoms with Crippen molar-refractivity contribution in [2.24, 2.45) is 0 Å². The van der Waals surface area contributed by atoms with E-state index in [0.717, 1.165) is 25.7 Å². The predicted molar refractivity (Wildman–Crippen MR) is 68.9 cm³/mol. The number of Topliss-reactive ketones (excluding diaryl/α,β-unsaturated/α-hetero) is 1. The van der Waals surface area contributed by atoms with E-state index in [1.807, 2.05) is 0 Å². The molecule has 0 unspecified atom stereocenters. The molecule has 0 aliphatic carbocycles. The van der Waals surface area contributed by atoms with Gasteiger partial charge in [-0.2, -0.15) is 0 Å². The van der Waals surface area contributed by atoms with Crippen molar-refractivity contribution >= 4 is 11.8 Å². The van der Waals surface area contributed by atoms with Gasteiger partial charge in [-0.15, -0.1) is 0 Å². The molecule has 0 fully saturated rings. The van der Waals surface area contributed by atoms with Gasteiger partial charge in [-0.1, -0.05) is 26.2 Å². The van der Waals surface area contributed by atoms with Gasteiger partial charge < -0.3 is 4.74 Å². The van der Waals surface area contributed by atoms with Crippen LogP contribution >= 0.6 is 0 Å². The molecule has 100 valence electrons. The number of esters is 1. The summed E-state index contributed by atoms with van der Waals surface area (Å²) in [6, 6.07) is 0. The van der Waals surface area contributed by atoms with Gasteiger partial charge in [0.25, 0.3) is 0 Å². The predicted octanol–water partition coefficient (Wildman–Crippen LogP) is 3.65. The summed E-state index contributed by atoms with van der Waals surface area (Å²) >= 11 is 0. The molecule has 0 aliphatic rings. The average Bonchev–Trinajstić information content (AvgIpc) is 2.31. The van der Waals surface area contributed by atoms with Crippen LogP contribution < -0.4 is 0 Å². The Hall–Kier alpha value is -0.860. The molecule has 0 bridgehead atoms. The first kappa shape index (κ1) is 16.1. The van der Waals surface area contributed by atoms with E-state index >= 15 is 0 Å². The summed E-state index contributed by atoms with van der Waals surface area (Å²) in [6.45, 7) is 4.41. The van der Waals surface area contributed by atoms with E-state index in [1.165, 1.54) is 12.8 Å². The van der Waals surface area contributed by atoms with Crippen molar-refractivity contribution in [2.75, 3.05) is 6.61 Å². The number of hydrogen-bond donors (Lipinski definition) is 0. The van der Waals surface area contributed by atoms with Crippen LogP contribution in [0, 0.1) is 0 Å². The molecule has 0 heterocycles. The Labute approximate surface area is 105 Å². The van der Waals surface area contributed by atoms with Crippen LogP contribution in [0.1, 0.15) is 71.6 Å². The van der Waals surface area contributed by atoms with Gasteiger partial charge in [-0.25, -0.2) is 0 Å². The third-order valence-electron chi connectivity index (χ3n) is 2.70. The maximum atomic E-state index is 11.5. The molecule has 3 nitrogen and oxygen atoms in total. The van der Waals surface area contributed by atoms with Gasteiger partial charge in [0.05, 0.1) is 6.61 Å². The molecule has 0 radical (unpaired) electrons. The maximum absolute atomic E-state index is 11.5. The van der Waals surface area contributed by atoms with Crippen LogP contribution in [0.4, 0.5) is 0 Å². The monoisotopic (exact) mass is 242 g/mol. The summed E-state index contributed by atoms with van der Waals surface area (Å²) in [5.41, 5.74) is 0. The smallest absolute Gasteiger partial charge is 0.305 e. The van der Waals surface area contributed by atoms with Crippen molar-refractivity contribution in [1.82, 2.24) is 0 Å². The Balaban J connectivity index is 3.30. The highest BCUT2D eigenvalue weighted by Crippen LogP contribution is 2.08. The van der Waals surface area contributed by atoms with Gasteiger partial charge in [0.15, 0.2) is 0 Å². The molecule has 0 aromatic carbocycles. The number of carbonyl (C=O) groups excluding carboxylic acids is 2. The van der Waals surface area contributed by atoms with E-state index in [4.69, 9.17) is 4.74 Å². The number of ketones is 1. The molecule has 0 aromatic rings. The Morgan fingerprint density at radius 1 is 0.824 bits per heavy atom. The molecule has 0 N–H and O–H groups in total. The highest BCUT2D eigenvalue weighted by Gasteiger charge is 2.04. The Bertz CT molecular complexity index is 212. The van der Waals surface area contributed by atoms with Crippen molar-refractivity contribution < 1.29 is 14.3 Å². The lowest BCUT2D eigenvalue weighted by molar-refractivity contribution is -0.143. The third-order valence-corrected chi connectivity index (χ3v) is 2.70. The van der Waals surface area contributed by atoms with Crippen molar-refractivity contribution in [1.29, 1.82) is 0 Å². The van der Waals surface area contributed by atoms with E-state index < -0.39 is 0 Å². The van der Waals surface area contributed by atoms with E-state index in [2.05, 4.69) is 6.92 Å².